The molecular weight excluding hydrogens is 330 g/mol. The number of aryl methyl sites for hydroxylation is 1. The molecule has 1 aromatic carbocycles. The summed E-state index contributed by atoms with van der Waals surface area (Å²) in [5.41, 5.74) is 1.08. The first-order valence-electron chi connectivity index (χ1n) is 9.66. The molecule has 2 unspecified atom stereocenters. The number of carbonyl (C=O) groups excluding carboxylic acids is 1. The van der Waals surface area contributed by atoms with Gasteiger partial charge in [-0.25, -0.2) is 0 Å². The van der Waals surface area contributed by atoms with Crippen LogP contribution in [0.3, 0.4) is 0 Å². The van der Waals surface area contributed by atoms with Crippen molar-refractivity contribution < 1.29 is 14.6 Å². The van der Waals surface area contributed by atoms with Crippen LogP contribution in [0.25, 0.3) is 0 Å². The van der Waals surface area contributed by atoms with Crippen LogP contribution in [0.4, 0.5) is 0 Å². The highest BCUT2D eigenvalue weighted by Crippen LogP contribution is 2.19. The molecule has 2 fully saturated rings. The molecule has 6 nitrogen and oxygen atoms in total. The van der Waals surface area contributed by atoms with Crippen LogP contribution in [0.15, 0.2) is 24.3 Å². The van der Waals surface area contributed by atoms with E-state index in [9.17, 15) is 9.90 Å². The van der Waals surface area contributed by atoms with Gasteiger partial charge in [-0.2, -0.15) is 0 Å². The van der Waals surface area contributed by atoms with Gasteiger partial charge in [0.05, 0.1) is 6.04 Å². The van der Waals surface area contributed by atoms with E-state index in [-0.39, 0.29) is 11.9 Å². The van der Waals surface area contributed by atoms with E-state index in [1.165, 1.54) is 0 Å². The number of amides is 1. The van der Waals surface area contributed by atoms with E-state index < -0.39 is 6.10 Å². The van der Waals surface area contributed by atoms with Crippen LogP contribution in [-0.2, 0) is 4.79 Å². The van der Waals surface area contributed by atoms with Crippen molar-refractivity contribution >= 4 is 5.91 Å². The number of hydrogen-bond donors (Lipinski definition) is 2. The van der Waals surface area contributed by atoms with Gasteiger partial charge in [0.1, 0.15) is 18.5 Å². The molecule has 2 atom stereocenters. The lowest BCUT2D eigenvalue weighted by Crippen LogP contribution is -2.55. The molecular formula is C20H31N3O3. The number of aliphatic hydroxyl groups is 1. The predicted octanol–water partition coefficient (Wildman–Crippen LogP) is 1.02. The van der Waals surface area contributed by atoms with Crippen molar-refractivity contribution in [3.8, 4) is 5.75 Å². The minimum Gasteiger partial charge on any atom is -0.491 e. The van der Waals surface area contributed by atoms with Crippen LogP contribution in [0.5, 0.6) is 5.75 Å². The van der Waals surface area contributed by atoms with Crippen molar-refractivity contribution in [2.24, 2.45) is 0 Å². The normalized spacial score (nSPS) is 21.2. The molecule has 0 spiro atoms. The predicted molar refractivity (Wildman–Crippen MR) is 101 cm³/mol. The van der Waals surface area contributed by atoms with E-state index in [4.69, 9.17) is 4.74 Å². The minimum atomic E-state index is -0.517. The third-order valence-corrected chi connectivity index (χ3v) is 5.25. The van der Waals surface area contributed by atoms with Crippen LogP contribution < -0.4 is 10.1 Å². The maximum atomic E-state index is 12.2. The van der Waals surface area contributed by atoms with E-state index >= 15 is 0 Å². The summed E-state index contributed by atoms with van der Waals surface area (Å²) in [7, 11) is 0. The van der Waals surface area contributed by atoms with Crippen LogP contribution in [0.2, 0.25) is 0 Å². The molecule has 1 amide bonds. The SMILES string of the molecule is Cc1ccccc1OCC(O)CN1CCN(C(C)C(=O)NC2CC2)CC1. The molecule has 3 rings (SSSR count). The summed E-state index contributed by atoms with van der Waals surface area (Å²) in [5.74, 6) is 0.972. The van der Waals surface area contributed by atoms with Gasteiger partial charge in [-0.1, -0.05) is 18.2 Å². The van der Waals surface area contributed by atoms with E-state index in [0.29, 0.717) is 19.2 Å². The summed E-state index contributed by atoms with van der Waals surface area (Å²) < 4.78 is 5.73. The van der Waals surface area contributed by atoms with Gasteiger partial charge in [-0.05, 0) is 38.3 Å². The van der Waals surface area contributed by atoms with Gasteiger partial charge in [-0.3, -0.25) is 14.6 Å². The summed E-state index contributed by atoms with van der Waals surface area (Å²) in [5, 5.41) is 13.4. The number of hydrogen-bond acceptors (Lipinski definition) is 5. The summed E-state index contributed by atoms with van der Waals surface area (Å²) >= 11 is 0. The Morgan fingerprint density at radius 1 is 1.27 bits per heavy atom. The molecule has 1 aliphatic heterocycles. The Morgan fingerprint density at radius 3 is 2.62 bits per heavy atom. The molecule has 144 valence electrons. The van der Waals surface area contributed by atoms with Gasteiger partial charge in [-0.15, -0.1) is 0 Å². The largest absolute Gasteiger partial charge is 0.491 e. The number of piperazine rings is 1. The summed E-state index contributed by atoms with van der Waals surface area (Å²) in [6.07, 6.45) is 1.72. The van der Waals surface area contributed by atoms with E-state index in [1.807, 2.05) is 38.1 Å². The highest BCUT2D eigenvalue weighted by atomic mass is 16.5. The highest BCUT2D eigenvalue weighted by Gasteiger charge is 2.30. The maximum Gasteiger partial charge on any atom is 0.237 e. The summed E-state index contributed by atoms with van der Waals surface area (Å²) in [6, 6.07) is 8.18. The monoisotopic (exact) mass is 361 g/mol. The number of β-amino-alcohol motifs (C(OH)–C–C–N with tert-alkyl or cyclic N) is 1. The second kappa shape index (κ2) is 8.84. The average molecular weight is 361 g/mol. The third-order valence-electron chi connectivity index (χ3n) is 5.25. The molecule has 1 aromatic rings. The molecule has 1 aliphatic carbocycles. The molecule has 1 heterocycles. The van der Waals surface area contributed by atoms with E-state index in [2.05, 4.69) is 15.1 Å². The molecule has 6 heteroatoms. The number of rotatable bonds is 8. The smallest absolute Gasteiger partial charge is 0.237 e. The molecule has 1 saturated carbocycles. The van der Waals surface area contributed by atoms with Gasteiger partial charge >= 0.3 is 0 Å². The maximum absolute atomic E-state index is 12.2. The topological polar surface area (TPSA) is 65.0 Å². The van der Waals surface area contributed by atoms with Crippen molar-refractivity contribution in [1.29, 1.82) is 0 Å². The molecule has 0 radical (unpaired) electrons. The van der Waals surface area contributed by atoms with E-state index in [1.54, 1.807) is 0 Å². The molecule has 0 aromatic heterocycles. The lowest BCUT2D eigenvalue weighted by molar-refractivity contribution is -0.126. The summed E-state index contributed by atoms with van der Waals surface area (Å²) in [4.78, 5) is 16.6. The number of benzene rings is 1. The minimum absolute atomic E-state index is 0.0768. The molecule has 0 bridgehead atoms. The van der Waals surface area contributed by atoms with Crippen molar-refractivity contribution in [3.05, 3.63) is 29.8 Å². The standard InChI is InChI=1S/C20H31N3O3/c1-15-5-3-4-6-19(15)26-14-18(24)13-22-9-11-23(12-10-22)16(2)20(25)21-17-7-8-17/h3-6,16-18,24H,7-14H2,1-2H3,(H,21,25). The lowest BCUT2D eigenvalue weighted by Gasteiger charge is -2.38. The molecule has 2 N–H and O–H groups in total. The Morgan fingerprint density at radius 2 is 1.96 bits per heavy atom. The fourth-order valence-electron chi connectivity index (χ4n) is 3.30. The van der Waals surface area contributed by atoms with Gasteiger partial charge in [0.25, 0.3) is 0 Å². The Kier molecular flexibility index (Phi) is 6.51. The number of para-hydroxylation sites is 1. The van der Waals surface area contributed by atoms with Crippen LogP contribution in [0, 0.1) is 6.92 Å². The number of aliphatic hydroxyl groups excluding tert-OH is 1. The van der Waals surface area contributed by atoms with Crippen molar-refractivity contribution in [2.75, 3.05) is 39.3 Å². The molecule has 26 heavy (non-hydrogen) atoms. The van der Waals surface area contributed by atoms with E-state index in [0.717, 1.165) is 50.3 Å². The fraction of sp³-hybridized carbons (Fsp3) is 0.650. The zero-order valence-electron chi connectivity index (χ0n) is 15.9. The first kappa shape index (κ1) is 19.1. The Balaban J connectivity index is 1.36. The van der Waals surface area contributed by atoms with Crippen LogP contribution in [-0.4, -0.2) is 78.3 Å². The zero-order chi connectivity index (χ0) is 18.5. The van der Waals surface area contributed by atoms with Crippen molar-refractivity contribution in [3.63, 3.8) is 0 Å². The molecule has 1 saturated heterocycles. The van der Waals surface area contributed by atoms with Crippen LogP contribution in [0.1, 0.15) is 25.3 Å². The summed E-state index contributed by atoms with van der Waals surface area (Å²) in [6.45, 7) is 8.31. The first-order valence-corrected chi connectivity index (χ1v) is 9.66. The van der Waals surface area contributed by atoms with Crippen molar-refractivity contribution in [1.82, 2.24) is 15.1 Å². The number of carbonyl (C=O) groups is 1. The van der Waals surface area contributed by atoms with Gasteiger partial charge < -0.3 is 15.2 Å². The van der Waals surface area contributed by atoms with Gasteiger partial charge in [0, 0.05) is 38.8 Å². The number of nitrogens with zero attached hydrogens (tertiary/aromatic N) is 2. The second-order valence-corrected chi connectivity index (χ2v) is 7.53. The fourth-order valence-corrected chi connectivity index (χ4v) is 3.30. The zero-order valence-corrected chi connectivity index (χ0v) is 15.9. The van der Waals surface area contributed by atoms with Crippen molar-refractivity contribution in [2.45, 2.75) is 44.9 Å². The van der Waals surface area contributed by atoms with Gasteiger partial charge in [0.2, 0.25) is 5.91 Å². The van der Waals surface area contributed by atoms with Crippen LogP contribution >= 0.6 is 0 Å². The average Bonchev–Trinajstić information content (AvgIpc) is 3.45. The Bertz CT molecular complexity index is 598. The Hall–Kier alpha value is -1.63. The first-order chi connectivity index (χ1) is 12.5. The lowest BCUT2D eigenvalue weighted by atomic mass is 10.2. The number of ether oxygens (including phenoxy) is 1. The Labute approximate surface area is 156 Å². The highest BCUT2D eigenvalue weighted by molar-refractivity contribution is 5.81. The second-order valence-electron chi connectivity index (χ2n) is 7.53. The number of nitrogens with one attached hydrogen (secondary N) is 1. The third kappa shape index (κ3) is 5.43. The van der Waals surface area contributed by atoms with Gasteiger partial charge in [0.15, 0.2) is 0 Å². The quantitative estimate of drug-likeness (QED) is 0.724. The molecule has 2 aliphatic rings.